The van der Waals surface area contributed by atoms with Gasteiger partial charge in [-0.1, -0.05) is 51.4 Å². The van der Waals surface area contributed by atoms with Crippen LogP contribution < -0.4 is 0 Å². The summed E-state index contributed by atoms with van der Waals surface area (Å²) >= 11 is 0. The molecule has 0 heterocycles. The van der Waals surface area contributed by atoms with Crippen LogP contribution in [0.2, 0.25) is 0 Å². The highest BCUT2D eigenvalue weighted by atomic mass is 32.2. The second-order valence-electron chi connectivity index (χ2n) is 7.46. The summed E-state index contributed by atoms with van der Waals surface area (Å²) < 4.78 is 36.0. The van der Waals surface area contributed by atoms with Gasteiger partial charge in [0.2, 0.25) is 10.0 Å². The average Bonchev–Trinajstić information content (AvgIpc) is 2.62. The fourth-order valence-corrected chi connectivity index (χ4v) is 4.02. The van der Waals surface area contributed by atoms with Crippen molar-refractivity contribution in [1.82, 2.24) is 4.31 Å². The molecule has 7 nitrogen and oxygen atoms in total. The molecular weight excluding hydrogens is 406 g/mol. The number of rotatable bonds is 15. The maximum absolute atomic E-state index is 12.1. The van der Waals surface area contributed by atoms with Gasteiger partial charge in [0.25, 0.3) is 0 Å². The molecule has 0 unspecified atom stereocenters. The van der Waals surface area contributed by atoms with Crippen molar-refractivity contribution >= 4 is 22.0 Å². The standard InChI is InChI=1S/C22H39NO6S/c1-6-15-22(16-7-2,29-20(4)24)17-13-19-23(30(5,26)27)18-12-10-9-11-14-21(25)28-8-3/h6-12,14-16,18-19H2,1-5H3. The Kier molecular flexibility index (Phi) is 14.4. The van der Waals surface area contributed by atoms with E-state index in [0.717, 1.165) is 32.1 Å². The summed E-state index contributed by atoms with van der Waals surface area (Å²) in [7, 11) is -3.39. The number of ether oxygens (including phenoxy) is 2. The zero-order valence-electron chi connectivity index (χ0n) is 19.3. The number of sulfonamides is 1. The van der Waals surface area contributed by atoms with Crippen LogP contribution in [0.4, 0.5) is 0 Å². The Hall–Kier alpha value is -1.59. The number of esters is 2. The minimum absolute atomic E-state index is 0.0676. The summed E-state index contributed by atoms with van der Waals surface area (Å²) in [5.74, 6) is 5.43. The van der Waals surface area contributed by atoms with Crippen molar-refractivity contribution in [3.8, 4) is 11.8 Å². The monoisotopic (exact) mass is 445 g/mol. The van der Waals surface area contributed by atoms with Crippen LogP contribution in [0.15, 0.2) is 0 Å². The lowest BCUT2D eigenvalue weighted by Crippen LogP contribution is -2.34. The summed E-state index contributed by atoms with van der Waals surface area (Å²) in [6.45, 7) is 7.97. The molecule has 0 fully saturated rings. The Balaban J connectivity index is 4.84. The number of hydrogen-bond acceptors (Lipinski definition) is 6. The third-order valence-corrected chi connectivity index (χ3v) is 5.78. The Morgan fingerprint density at radius 2 is 1.60 bits per heavy atom. The van der Waals surface area contributed by atoms with Gasteiger partial charge in [-0.2, -0.15) is 4.31 Å². The lowest BCUT2D eigenvalue weighted by molar-refractivity contribution is -0.152. The molecule has 0 aromatic rings. The van der Waals surface area contributed by atoms with E-state index in [1.54, 1.807) is 6.92 Å². The molecule has 8 heteroatoms. The minimum Gasteiger partial charge on any atom is -0.466 e. The number of unbranched alkanes of at least 4 members (excludes halogenated alkanes) is 3. The van der Waals surface area contributed by atoms with Gasteiger partial charge in [0, 0.05) is 19.9 Å². The van der Waals surface area contributed by atoms with Gasteiger partial charge in [-0.05, 0) is 32.6 Å². The van der Waals surface area contributed by atoms with Gasteiger partial charge >= 0.3 is 11.9 Å². The molecule has 0 saturated carbocycles. The highest BCUT2D eigenvalue weighted by molar-refractivity contribution is 7.88. The van der Waals surface area contributed by atoms with Crippen LogP contribution in [-0.2, 0) is 29.1 Å². The quantitative estimate of drug-likeness (QED) is 0.217. The van der Waals surface area contributed by atoms with Crippen LogP contribution in [0.1, 0.15) is 85.5 Å². The highest BCUT2D eigenvalue weighted by Gasteiger charge is 2.29. The molecule has 0 spiro atoms. The fourth-order valence-electron chi connectivity index (χ4n) is 3.26. The van der Waals surface area contributed by atoms with E-state index in [-0.39, 0.29) is 18.5 Å². The largest absolute Gasteiger partial charge is 0.466 e. The maximum atomic E-state index is 12.1. The van der Waals surface area contributed by atoms with Crippen LogP contribution in [0, 0.1) is 11.8 Å². The molecule has 174 valence electrons. The van der Waals surface area contributed by atoms with Gasteiger partial charge < -0.3 is 9.47 Å². The predicted octanol–water partition coefficient (Wildman–Crippen LogP) is 3.67. The summed E-state index contributed by atoms with van der Waals surface area (Å²) in [5.41, 5.74) is -0.856. The Morgan fingerprint density at radius 1 is 1.00 bits per heavy atom. The van der Waals surface area contributed by atoms with Crippen LogP contribution in [0.5, 0.6) is 0 Å². The molecule has 0 rings (SSSR count). The van der Waals surface area contributed by atoms with E-state index in [2.05, 4.69) is 11.8 Å². The van der Waals surface area contributed by atoms with E-state index in [9.17, 15) is 18.0 Å². The van der Waals surface area contributed by atoms with Crippen molar-refractivity contribution in [1.29, 1.82) is 0 Å². The molecule has 0 amide bonds. The predicted molar refractivity (Wildman–Crippen MR) is 118 cm³/mol. The van der Waals surface area contributed by atoms with Crippen molar-refractivity contribution in [3.63, 3.8) is 0 Å². The summed E-state index contributed by atoms with van der Waals surface area (Å²) in [4.78, 5) is 22.9. The van der Waals surface area contributed by atoms with Crippen LogP contribution in [0.3, 0.4) is 0 Å². The number of carbonyl (C=O) groups is 2. The first-order valence-electron chi connectivity index (χ1n) is 10.9. The SMILES string of the molecule is CCCC(C#CCN(CCCCCCC(=O)OCC)S(C)(=O)=O)(CCC)OC(C)=O. The molecule has 0 radical (unpaired) electrons. The number of nitrogens with zero attached hydrogens (tertiary/aromatic N) is 1. The van der Waals surface area contributed by atoms with Crippen LogP contribution in [-0.4, -0.2) is 56.2 Å². The van der Waals surface area contributed by atoms with Crippen LogP contribution in [0.25, 0.3) is 0 Å². The molecule has 30 heavy (non-hydrogen) atoms. The summed E-state index contributed by atoms with van der Waals surface area (Å²) in [6, 6.07) is 0. The first kappa shape index (κ1) is 28.4. The summed E-state index contributed by atoms with van der Waals surface area (Å²) in [6.07, 6.45) is 7.50. The Bertz CT molecular complexity index is 671. The molecular formula is C22H39NO6S. The smallest absolute Gasteiger partial charge is 0.305 e. The maximum Gasteiger partial charge on any atom is 0.305 e. The second-order valence-corrected chi connectivity index (χ2v) is 9.44. The first-order valence-corrected chi connectivity index (χ1v) is 12.7. The van der Waals surface area contributed by atoms with Gasteiger partial charge in [-0.25, -0.2) is 8.42 Å². The van der Waals surface area contributed by atoms with Crippen molar-refractivity contribution in [2.75, 3.05) is 26.0 Å². The number of carbonyl (C=O) groups excluding carboxylic acids is 2. The third-order valence-electron chi connectivity index (χ3n) is 4.53. The van der Waals surface area contributed by atoms with Gasteiger partial charge in [-0.3, -0.25) is 9.59 Å². The van der Waals surface area contributed by atoms with E-state index < -0.39 is 15.6 Å². The van der Waals surface area contributed by atoms with Crippen molar-refractivity contribution in [2.45, 2.75) is 91.1 Å². The molecule has 0 aromatic carbocycles. The minimum atomic E-state index is -3.39. The normalized spacial score (nSPS) is 11.7. The third kappa shape index (κ3) is 12.9. The van der Waals surface area contributed by atoms with Gasteiger partial charge in [0.15, 0.2) is 5.60 Å². The van der Waals surface area contributed by atoms with E-state index in [0.29, 0.717) is 38.8 Å². The lowest BCUT2D eigenvalue weighted by atomic mass is 9.93. The van der Waals surface area contributed by atoms with Crippen LogP contribution >= 0.6 is 0 Å². The average molecular weight is 446 g/mol. The van der Waals surface area contributed by atoms with Crippen molar-refractivity contribution < 1.29 is 27.5 Å². The van der Waals surface area contributed by atoms with E-state index in [1.807, 2.05) is 13.8 Å². The number of hydrogen-bond donors (Lipinski definition) is 0. The molecule has 0 aromatic heterocycles. The molecule has 0 aliphatic heterocycles. The van der Waals surface area contributed by atoms with E-state index in [4.69, 9.17) is 9.47 Å². The van der Waals surface area contributed by atoms with Crippen molar-refractivity contribution in [2.24, 2.45) is 0 Å². The highest BCUT2D eigenvalue weighted by Crippen LogP contribution is 2.24. The Labute approximate surface area is 182 Å². The molecule has 0 aliphatic rings. The van der Waals surface area contributed by atoms with Gasteiger partial charge in [-0.15, -0.1) is 0 Å². The van der Waals surface area contributed by atoms with Gasteiger partial charge in [0.1, 0.15) is 0 Å². The van der Waals surface area contributed by atoms with E-state index >= 15 is 0 Å². The second kappa shape index (κ2) is 15.2. The van der Waals surface area contributed by atoms with Crippen molar-refractivity contribution in [3.05, 3.63) is 0 Å². The topological polar surface area (TPSA) is 90.0 Å². The molecule has 0 atom stereocenters. The lowest BCUT2D eigenvalue weighted by Gasteiger charge is -2.27. The zero-order chi connectivity index (χ0) is 23.0. The zero-order valence-corrected chi connectivity index (χ0v) is 20.1. The molecule has 0 bridgehead atoms. The fraction of sp³-hybridized carbons (Fsp3) is 0.818. The molecule has 0 N–H and O–H groups in total. The van der Waals surface area contributed by atoms with E-state index in [1.165, 1.54) is 17.5 Å². The van der Waals surface area contributed by atoms with Gasteiger partial charge in [0.05, 0.1) is 19.4 Å². The molecule has 0 aliphatic carbocycles. The Morgan fingerprint density at radius 3 is 2.10 bits per heavy atom. The summed E-state index contributed by atoms with van der Waals surface area (Å²) in [5, 5.41) is 0. The first-order chi connectivity index (χ1) is 14.1. The molecule has 0 saturated heterocycles.